The number of fused-ring (bicyclic) bond motifs is 3. The van der Waals surface area contributed by atoms with Crippen molar-refractivity contribution in [3.05, 3.63) is 96.3 Å². The number of hydrogen-bond donors (Lipinski definition) is 2. The summed E-state index contributed by atoms with van der Waals surface area (Å²) in [5.41, 5.74) is 5.19. The lowest BCUT2D eigenvalue weighted by Gasteiger charge is -2.50. The van der Waals surface area contributed by atoms with Gasteiger partial charge in [-0.1, -0.05) is 6.07 Å². The fourth-order valence-electron chi connectivity index (χ4n) is 10.8. The molecule has 4 saturated heterocycles. The van der Waals surface area contributed by atoms with Gasteiger partial charge >= 0.3 is 0 Å². The summed E-state index contributed by atoms with van der Waals surface area (Å²) in [4.78, 5) is 47.3. The van der Waals surface area contributed by atoms with Crippen molar-refractivity contribution >= 4 is 34.5 Å². The van der Waals surface area contributed by atoms with Crippen LogP contribution in [0, 0.1) is 23.0 Å². The molecule has 0 radical (unpaired) electrons. The Balaban J connectivity index is 0.722. The molecule has 69 heavy (non-hydrogen) atoms. The number of methoxy groups -OCH3 is 1. The average Bonchev–Trinajstić information content (AvgIpc) is 4.04. The number of piperidine rings is 1. The quantitative estimate of drug-likeness (QED) is 0.168. The Bertz CT molecular complexity index is 2890. The number of amides is 2. The fourth-order valence-corrected chi connectivity index (χ4v) is 10.8. The van der Waals surface area contributed by atoms with Crippen molar-refractivity contribution < 1.29 is 27.8 Å². The molecule has 6 aromatic rings. The molecule has 9 heterocycles. The lowest BCUT2D eigenvalue weighted by molar-refractivity contribution is -0.133. The van der Waals surface area contributed by atoms with Crippen molar-refractivity contribution in [1.82, 2.24) is 49.5 Å². The Morgan fingerprint density at radius 2 is 1.64 bits per heavy atom. The number of halogens is 2. The molecule has 3 atom stereocenters. The van der Waals surface area contributed by atoms with Crippen LogP contribution in [-0.2, 0) is 20.9 Å². The second kappa shape index (κ2) is 18.8. The van der Waals surface area contributed by atoms with Gasteiger partial charge in [-0.05, 0) is 49.8 Å². The van der Waals surface area contributed by atoms with Gasteiger partial charge in [0.15, 0.2) is 0 Å². The minimum absolute atomic E-state index is 0.0985. The molecule has 0 spiro atoms. The summed E-state index contributed by atoms with van der Waals surface area (Å²) >= 11 is 0. The van der Waals surface area contributed by atoms with Crippen LogP contribution in [0.1, 0.15) is 55.7 Å². The molecule has 5 aromatic heterocycles. The molecule has 3 unspecified atom stereocenters. The van der Waals surface area contributed by atoms with Crippen molar-refractivity contribution in [2.45, 2.75) is 75.3 Å². The van der Waals surface area contributed by atoms with Crippen molar-refractivity contribution in [3.8, 4) is 34.5 Å². The van der Waals surface area contributed by atoms with Crippen molar-refractivity contribution in [1.29, 1.82) is 5.26 Å². The van der Waals surface area contributed by atoms with E-state index in [0.717, 1.165) is 87.0 Å². The molecule has 11 rings (SSSR count). The number of pyridine rings is 2. The van der Waals surface area contributed by atoms with Crippen LogP contribution in [-0.4, -0.2) is 140 Å². The number of nitrogens with one attached hydrogen (secondary N) is 2. The van der Waals surface area contributed by atoms with Gasteiger partial charge in [0.1, 0.15) is 40.6 Å². The van der Waals surface area contributed by atoms with E-state index in [1.807, 2.05) is 58.8 Å². The molecule has 4 aliphatic heterocycles. The first kappa shape index (κ1) is 44.4. The maximum absolute atomic E-state index is 15.4. The third-order valence-corrected chi connectivity index (χ3v) is 14.5. The number of rotatable bonds is 11. The Hall–Kier alpha value is -7.08. The first-order valence-electron chi connectivity index (χ1n) is 23.6. The van der Waals surface area contributed by atoms with Crippen LogP contribution in [0.25, 0.3) is 28.0 Å². The monoisotopic (exact) mass is 938 g/mol. The van der Waals surface area contributed by atoms with Gasteiger partial charge in [-0.25, -0.2) is 28.2 Å². The summed E-state index contributed by atoms with van der Waals surface area (Å²) in [7, 11) is 1.62. The summed E-state index contributed by atoms with van der Waals surface area (Å²) in [6.07, 6.45) is 15.2. The number of carbonyl (C=O) groups excluding carboxylic acids is 2. The minimum atomic E-state index is -0.806. The van der Waals surface area contributed by atoms with E-state index in [-0.39, 0.29) is 48.2 Å². The van der Waals surface area contributed by atoms with Crippen molar-refractivity contribution in [2.24, 2.45) is 0 Å². The van der Waals surface area contributed by atoms with E-state index >= 15 is 8.78 Å². The number of ether oxygens (including phenoxy) is 2. The van der Waals surface area contributed by atoms with Crippen LogP contribution in [0.5, 0.6) is 5.88 Å². The van der Waals surface area contributed by atoms with E-state index in [2.05, 4.69) is 47.6 Å². The molecule has 1 saturated carbocycles. The molecule has 2 bridgehead atoms. The highest BCUT2D eigenvalue weighted by Gasteiger charge is 2.39. The van der Waals surface area contributed by atoms with Crippen LogP contribution >= 0.6 is 0 Å². The maximum atomic E-state index is 15.4. The predicted molar refractivity (Wildman–Crippen MR) is 250 cm³/mol. The molecule has 18 nitrogen and oxygen atoms in total. The molecule has 1 aliphatic carbocycles. The lowest BCUT2D eigenvalue weighted by atomic mass is 9.90. The zero-order chi connectivity index (χ0) is 47.2. The summed E-state index contributed by atoms with van der Waals surface area (Å²) in [6, 6.07) is 12.8. The van der Waals surface area contributed by atoms with E-state index in [9.17, 15) is 14.9 Å². The topological polar surface area (TPSA) is 187 Å². The van der Waals surface area contributed by atoms with Gasteiger partial charge < -0.3 is 24.6 Å². The molecule has 20 heteroatoms. The van der Waals surface area contributed by atoms with Crippen LogP contribution in [0.2, 0.25) is 0 Å². The number of nitriles is 1. The number of morpholine rings is 1. The number of aromatic nitrogens is 7. The van der Waals surface area contributed by atoms with E-state index < -0.39 is 23.6 Å². The van der Waals surface area contributed by atoms with E-state index in [4.69, 9.17) is 24.5 Å². The predicted octanol–water partition coefficient (Wildman–Crippen LogP) is 4.82. The summed E-state index contributed by atoms with van der Waals surface area (Å²) in [5, 5.41) is 24.4. The zero-order valence-electron chi connectivity index (χ0n) is 38.2. The SMILES string of the molecule is COc1ccc(CN2C3COCC2CN(c2ccc(-c4nc(-c5cnn([C@H]6CC[C@H](N7CCN(c8cc(F)c(NC9CCC(=O)NC9=O)cc8F)CC7)CC6)c5)cn5ncc(C#N)c45)cn2)C3)cn1. The normalized spacial score (nSPS) is 23.5. The average molecular weight is 939 g/mol. The number of anilines is 3. The Morgan fingerprint density at radius 1 is 0.841 bits per heavy atom. The van der Waals surface area contributed by atoms with Crippen LogP contribution in [0.15, 0.2) is 73.6 Å². The Morgan fingerprint density at radius 3 is 2.35 bits per heavy atom. The number of hydrogen-bond acceptors (Lipinski definition) is 15. The first-order chi connectivity index (χ1) is 33.7. The Labute approximate surface area is 396 Å². The number of benzene rings is 1. The van der Waals surface area contributed by atoms with Crippen molar-refractivity contribution in [3.63, 3.8) is 0 Å². The summed E-state index contributed by atoms with van der Waals surface area (Å²) in [6.45, 7) is 6.18. The molecular formula is C49H52F2N14O4. The molecule has 5 fully saturated rings. The highest BCUT2D eigenvalue weighted by Crippen LogP contribution is 2.36. The second-order valence-electron chi connectivity index (χ2n) is 18.6. The number of piperazine rings is 2. The van der Waals surface area contributed by atoms with Gasteiger partial charge in [0, 0.05) is 106 Å². The molecule has 1 aromatic carbocycles. The van der Waals surface area contributed by atoms with Gasteiger partial charge in [-0.2, -0.15) is 15.5 Å². The number of carbonyl (C=O) groups is 2. The molecule has 5 aliphatic rings. The maximum Gasteiger partial charge on any atom is 0.249 e. The minimum Gasteiger partial charge on any atom is -0.481 e. The second-order valence-corrected chi connectivity index (χ2v) is 18.6. The number of imide groups is 1. The van der Waals surface area contributed by atoms with E-state index in [1.165, 1.54) is 6.07 Å². The van der Waals surface area contributed by atoms with Gasteiger partial charge in [0.05, 0.1) is 79.8 Å². The molecule has 356 valence electrons. The van der Waals surface area contributed by atoms with Gasteiger partial charge in [-0.3, -0.25) is 29.4 Å². The third-order valence-electron chi connectivity index (χ3n) is 14.5. The highest BCUT2D eigenvalue weighted by molar-refractivity contribution is 6.01. The molecule has 2 amide bonds. The summed E-state index contributed by atoms with van der Waals surface area (Å²) < 4.78 is 45.6. The van der Waals surface area contributed by atoms with Crippen LogP contribution in [0.4, 0.5) is 26.0 Å². The largest absolute Gasteiger partial charge is 0.481 e. The lowest BCUT2D eigenvalue weighted by Crippen LogP contribution is -2.64. The molecule has 2 N–H and O–H groups in total. The zero-order valence-corrected chi connectivity index (χ0v) is 38.2. The molecular weight excluding hydrogens is 887 g/mol. The van der Waals surface area contributed by atoms with Crippen molar-refractivity contribution in [2.75, 3.05) is 74.7 Å². The third kappa shape index (κ3) is 8.93. The standard InChI is InChI=1S/C49H52F2N14O4/c1-68-46-11-2-30(19-54-46)23-63-36-25-62(26-37(63)29-69-28-36)44-9-3-31(20-53-44)47-48-32(18-52)21-56-65(48)27-42(58-47)33-22-55-64(24-33)35-6-4-34(5-7-35)60-12-14-61(15-13-60)43-17-38(50)41(16-39(43)51)57-40-8-10-45(66)59-49(40)67/h2-3,9,11,16-17,19-22,24,27,34-37,40,57H,4-8,10,12-15,23,25-26,28-29H2,1H3,(H,59,66,67)/t34-,35-,36?,37?,40?. The van der Waals surface area contributed by atoms with Crippen LogP contribution in [0.3, 0.4) is 0 Å². The van der Waals surface area contributed by atoms with Gasteiger partial charge in [-0.15, -0.1) is 0 Å². The smallest absolute Gasteiger partial charge is 0.249 e. The van der Waals surface area contributed by atoms with Crippen LogP contribution < -0.4 is 25.2 Å². The first-order valence-corrected chi connectivity index (χ1v) is 23.6. The van der Waals surface area contributed by atoms with Gasteiger partial charge in [0.25, 0.3) is 0 Å². The highest BCUT2D eigenvalue weighted by atomic mass is 19.1. The van der Waals surface area contributed by atoms with Gasteiger partial charge in [0.2, 0.25) is 17.7 Å². The Kier molecular flexibility index (Phi) is 12.1. The number of nitrogens with zero attached hydrogens (tertiary/aromatic N) is 12. The van der Waals surface area contributed by atoms with E-state index in [1.54, 1.807) is 17.8 Å². The summed E-state index contributed by atoms with van der Waals surface area (Å²) in [5.74, 6) is -0.653. The fraction of sp³-hybridized carbons (Fsp3) is 0.429. The van der Waals surface area contributed by atoms with E-state index in [0.29, 0.717) is 60.7 Å².